The highest BCUT2D eigenvalue weighted by atomic mass is 16.5. The second-order valence-electron chi connectivity index (χ2n) is 3.94. The Bertz CT molecular complexity index is 329. The maximum absolute atomic E-state index is 5.68. The summed E-state index contributed by atoms with van der Waals surface area (Å²) in [5, 5.41) is 0. The van der Waals surface area contributed by atoms with Crippen LogP contribution in [0.1, 0.15) is 18.4 Å². The third-order valence-electron chi connectivity index (χ3n) is 2.51. The van der Waals surface area contributed by atoms with E-state index in [1.54, 1.807) is 0 Å². The molecule has 86 valence electrons. The molecule has 0 heterocycles. The van der Waals surface area contributed by atoms with Crippen LogP contribution in [0.15, 0.2) is 24.3 Å². The van der Waals surface area contributed by atoms with E-state index in [0.717, 1.165) is 24.7 Å². The van der Waals surface area contributed by atoms with Crippen molar-refractivity contribution < 1.29 is 4.74 Å². The Morgan fingerprint density at radius 1 is 1.31 bits per heavy atom. The van der Waals surface area contributed by atoms with Crippen LogP contribution in [0.25, 0.3) is 0 Å². The zero-order valence-corrected chi connectivity index (χ0v) is 9.56. The largest absolute Gasteiger partial charge is 0.493 e. The first-order valence-electron chi connectivity index (χ1n) is 5.63. The van der Waals surface area contributed by atoms with Crippen molar-refractivity contribution >= 4 is 0 Å². The van der Waals surface area contributed by atoms with Crippen LogP contribution in [0, 0.1) is 18.8 Å². The van der Waals surface area contributed by atoms with E-state index in [0.29, 0.717) is 6.54 Å². The quantitative estimate of drug-likeness (QED) is 0.768. The number of rotatable bonds is 5. The van der Waals surface area contributed by atoms with Gasteiger partial charge in [-0.15, -0.1) is 12.8 Å². The second-order valence-corrected chi connectivity index (χ2v) is 3.94. The van der Waals surface area contributed by atoms with E-state index in [1.165, 1.54) is 18.4 Å². The molecule has 1 aromatic rings. The van der Waals surface area contributed by atoms with Crippen molar-refractivity contribution in [1.29, 1.82) is 0 Å². The zero-order valence-electron chi connectivity index (χ0n) is 9.56. The van der Waals surface area contributed by atoms with E-state index in [1.807, 2.05) is 12.1 Å². The van der Waals surface area contributed by atoms with Gasteiger partial charge >= 0.3 is 0 Å². The van der Waals surface area contributed by atoms with Crippen molar-refractivity contribution in [2.45, 2.75) is 19.3 Å². The van der Waals surface area contributed by atoms with Gasteiger partial charge in [0.05, 0.1) is 6.61 Å². The summed E-state index contributed by atoms with van der Waals surface area (Å²) < 4.78 is 5.68. The Balaban J connectivity index is 0.000000606. The van der Waals surface area contributed by atoms with Gasteiger partial charge in [-0.1, -0.05) is 12.1 Å². The first-order chi connectivity index (χ1) is 7.88. The van der Waals surface area contributed by atoms with Crippen molar-refractivity contribution in [2.24, 2.45) is 11.7 Å². The molecule has 1 aliphatic rings. The van der Waals surface area contributed by atoms with Crippen molar-refractivity contribution in [3.05, 3.63) is 29.8 Å². The minimum Gasteiger partial charge on any atom is -0.493 e. The molecule has 1 fully saturated rings. The normalized spacial score (nSPS) is 13.7. The van der Waals surface area contributed by atoms with E-state index in [2.05, 4.69) is 25.0 Å². The fourth-order valence-corrected chi connectivity index (χ4v) is 1.46. The van der Waals surface area contributed by atoms with Gasteiger partial charge < -0.3 is 10.5 Å². The van der Waals surface area contributed by atoms with Crippen LogP contribution in [0.2, 0.25) is 0 Å². The molecule has 0 unspecified atom stereocenters. The van der Waals surface area contributed by atoms with Crippen molar-refractivity contribution in [3.8, 4) is 18.6 Å². The zero-order chi connectivity index (χ0) is 11.8. The monoisotopic (exact) mass is 217 g/mol. The average Bonchev–Trinajstić information content (AvgIpc) is 3.14. The van der Waals surface area contributed by atoms with Gasteiger partial charge in [0, 0.05) is 0 Å². The van der Waals surface area contributed by atoms with Gasteiger partial charge in [0.2, 0.25) is 0 Å². The minimum atomic E-state index is 0.700. The van der Waals surface area contributed by atoms with E-state index >= 15 is 0 Å². The average molecular weight is 217 g/mol. The highest BCUT2D eigenvalue weighted by Gasteiger charge is 2.21. The molecule has 16 heavy (non-hydrogen) atoms. The third-order valence-corrected chi connectivity index (χ3v) is 2.51. The molecule has 2 heteroatoms. The summed E-state index contributed by atoms with van der Waals surface area (Å²) >= 11 is 0. The molecule has 1 saturated carbocycles. The van der Waals surface area contributed by atoms with Crippen molar-refractivity contribution in [3.63, 3.8) is 0 Å². The Morgan fingerprint density at radius 3 is 2.69 bits per heavy atom. The number of nitrogens with two attached hydrogens (primary N) is 1. The predicted molar refractivity (Wildman–Crippen MR) is 67.3 cm³/mol. The van der Waals surface area contributed by atoms with E-state index < -0.39 is 0 Å². The van der Waals surface area contributed by atoms with Crippen molar-refractivity contribution in [1.82, 2.24) is 0 Å². The van der Waals surface area contributed by atoms with Gasteiger partial charge in [0.25, 0.3) is 0 Å². The van der Waals surface area contributed by atoms with Gasteiger partial charge in [-0.2, -0.15) is 0 Å². The van der Waals surface area contributed by atoms with E-state index in [4.69, 9.17) is 10.5 Å². The fourth-order valence-electron chi connectivity index (χ4n) is 1.46. The van der Waals surface area contributed by atoms with Gasteiger partial charge in [-0.25, -0.2) is 0 Å². The smallest absolute Gasteiger partial charge is 0.119 e. The molecule has 0 aliphatic heterocycles. The van der Waals surface area contributed by atoms with E-state index in [9.17, 15) is 0 Å². The molecule has 2 nitrogen and oxygen atoms in total. The molecule has 0 atom stereocenters. The molecule has 1 aromatic carbocycles. The number of benzene rings is 1. The first-order valence-corrected chi connectivity index (χ1v) is 5.63. The van der Waals surface area contributed by atoms with E-state index in [-0.39, 0.29) is 0 Å². The highest BCUT2D eigenvalue weighted by Crippen LogP contribution is 2.29. The molecule has 0 bridgehead atoms. The Labute approximate surface area is 97.8 Å². The maximum Gasteiger partial charge on any atom is 0.119 e. The number of hydrogen-bond acceptors (Lipinski definition) is 2. The SMILES string of the molecule is C#C.NCCc1cccc(OCC2CC2)c1. The Kier molecular flexibility index (Phi) is 5.45. The molecular weight excluding hydrogens is 198 g/mol. The summed E-state index contributed by atoms with van der Waals surface area (Å²) in [5.41, 5.74) is 6.77. The van der Waals surface area contributed by atoms with Gasteiger partial charge in [0.1, 0.15) is 5.75 Å². The summed E-state index contributed by atoms with van der Waals surface area (Å²) in [6.45, 7) is 1.58. The molecule has 2 N–H and O–H groups in total. The molecule has 0 amide bonds. The molecular formula is C14H19NO. The Morgan fingerprint density at radius 2 is 2.06 bits per heavy atom. The van der Waals surface area contributed by atoms with Gasteiger partial charge in [-0.05, 0) is 49.4 Å². The van der Waals surface area contributed by atoms with Crippen molar-refractivity contribution in [2.75, 3.05) is 13.2 Å². The van der Waals surface area contributed by atoms with Crippen LogP contribution in [0.4, 0.5) is 0 Å². The lowest BCUT2D eigenvalue weighted by molar-refractivity contribution is 0.299. The lowest BCUT2D eigenvalue weighted by atomic mass is 10.1. The summed E-state index contributed by atoms with van der Waals surface area (Å²) in [6, 6.07) is 8.24. The Hall–Kier alpha value is -1.46. The van der Waals surface area contributed by atoms with Crippen LogP contribution in [0.3, 0.4) is 0 Å². The van der Waals surface area contributed by atoms with Gasteiger partial charge in [0.15, 0.2) is 0 Å². The maximum atomic E-state index is 5.68. The first kappa shape index (κ1) is 12.6. The third kappa shape index (κ3) is 4.37. The van der Waals surface area contributed by atoms with Crippen LogP contribution in [-0.4, -0.2) is 13.2 Å². The van der Waals surface area contributed by atoms with Gasteiger partial charge in [-0.3, -0.25) is 0 Å². The molecule has 0 aromatic heterocycles. The lowest BCUT2D eigenvalue weighted by Crippen LogP contribution is -2.03. The summed E-state index contributed by atoms with van der Waals surface area (Å²) in [4.78, 5) is 0. The highest BCUT2D eigenvalue weighted by molar-refractivity contribution is 5.28. The molecule has 1 aliphatic carbocycles. The minimum absolute atomic E-state index is 0.700. The summed E-state index contributed by atoms with van der Waals surface area (Å²) in [5.74, 6) is 1.80. The second kappa shape index (κ2) is 6.92. The predicted octanol–water partition coefficient (Wildman–Crippen LogP) is 2.23. The number of hydrogen-bond donors (Lipinski definition) is 1. The summed E-state index contributed by atoms with van der Waals surface area (Å²) in [7, 11) is 0. The topological polar surface area (TPSA) is 35.2 Å². The fraction of sp³-hybridized carbons (Fsp3) is 0.429. The standard InChI is InChI=1S/C12H17NO.C2H2/c13-7-6-10-2-1-3-12(8-10)14-9-11-4-5-11;1-2/h1-3,8,11H,4-7,9,13H2;1-2H. The lowest BCUT2D eigenvalue weighted by Gasteiger charge is -2.06. The van der Waals surface area contributed by atoms with Crippen LogP contribution in [-0.2, 0) is 6.42 Å². The van der Waals surface area contributed by atoms with Crippen LogP contribution >= 0.6 is 0 Å². The summed E-state index contributed by atoms with van der Waals surface area (Å²) in [6.07, 6.45) is 11.6. The number of ether oxygens (including phenoxy) is 1. The molecule has 0 spiro atoms. The molecule has 0 saturated heterocycles. The molecule has 0 radical (unpaired) electrons. The number of terminal acetylenes is 1. The van der Waals surface area contributed by atoms with Crippen LogP contribution < -0.4 is 10.5 Å². The van der Waals surface area contributed by atoms with Crippen LogP contribution in [0.5, 0.6) is 5.75 Å². The molecule has 2 rings (SSSR count).